The molecule has 0 aliphatic carbocycles. The Hall–Kier alpha value is -0.370. The van der Waals surface area contributed by atoms with Crippen LogP contribution in [-0.2, 0) is 13.8 Å². The molecule has 0 bridgehead atoms. The molecule has 0 aromatic carbocycles. The van der Waals surface area contributed by atoms with E-state index in [4.69, 9.17) is 20.9 Å². The lowest BCUT2D eigenvalue weighted by atomic mass is 10.0. The fourth-order valence-corrected chi connectivity index (χ4v) is 1.78. The highest BCUT2D eigenvalue weighted by molar-refractivity contribution is 7.46. The number of phosphoric acid groups is 1. The van der Waals surface area contributed by atoms with Crippen LogP contribution in [0, 0.1) is 18.3 Å². The number of hydrogen-bond donors (Lipinski definition) is 2. The predicted octanol–water partition coefficient (Wildman–Crippen LogP) is 0.522. The van der Waals surface area contributed by atoms with E-state index in [1.165, 1.54) is 0 Å². The second-order valence-corrected chi connectivity index (χ2v) is 4.50. The summed E-state index contributed by atoms with van der Waals surface area (Å²) in [6.07, 6.45) is 5.43. The summed E-state index contributed by atoms with van der Waals surface area (Å²) in [6.45, 7) is 1.72. The van der Waals surface area contributed by atoms with Crippen molar-refractivity contribution in [1.29, 1.82) is 0 Å². The molecule has 0 saturated carbocycles. The highest BCUT2D eigenvalue weighted by atomic mass is 31.2. The summed E-state index contributed by atoms with van der Waals surface area (Å²) in [7, 11) is -4.40. The Morgan fingerprint density at radius 1 is 1.71 bits per heavy atom. The summed E-state index contributed by atoms with van der Waals surface area (Å²) in [5, 5.41) is 0. The second-order valence-electron chi connectivity index (χ2n) is 3.26. The Morgan fingerprint density at radius 2 is 2.36 bits per heavy atom. The molecule has 0 aromatic rings. The third-order valence-electron chi connectivity index (χ3n) is 2.13. The summed E-state index contributed by atoms with van der Waals surface area (Å²) in [4.78, 5) is 16.9. The zero-order valence-corrected chi connectivity index (χ0v) is 8.68. The van der Waals surface area contributed by atoms with Crippen LogP contribution in [0.5, 0.6) is 0 Å². The maximum atomic E-state index is 10.4. The standard InChI is InChI=1S/C8H13O5P/c1-3-7-4-8(13-6(7)2)5-12-14(9,10)11/h1,6-8H,4-5H2,2H3,(H2,9,10,11)/t6-,7-,8-/m0/s1. The lowest BCUT2D eigenvalue weighted by Gasteiger charge is -2.11. The number of phosphoric ester groups is 1. The maximum absolute atomic E-state index is 10.4. The molecule has 1 aliphatic rings. The van der Waals surface area contributed by atoms with Gasteiger partial charge in [-0.15, -0.1) is 12.3 Å². The van der Waals surface area contributed by atoms with Gasteiger partial charge in [0, 0.05) is 5.92 Å². The molecule has 6 heteroatoms. The largest absolute Gasteiger partial charge is 0.469 e. The Morgan fingerprint density at radius 3 is 2.79 bits per heavy atom. The van der Waals surface area contributed by atoms with Crippen molar-refractivity contribution in [3.05, 3.63) is 0 Å². The SMILES string of the molecule is C#C[C@H]1C[C@@H](COP(=O)(O)O)O[C@H]1C. The van der Waals surface area contributed by atoms with Crippen LogP contribution in [0.2, 0.25) is 0 Å². The lowest BCUT2D eigenvalue weighted by molar-refractivity contribution is 0.0157. The van der Waals surface area contributed by atoms with Crippen molar-refractivity contribution in [2.24, 2.45) is 5.92 Å². The molecule has 1 rings (SSSR count). The van der Waals surface area contributed by atoms with Gasteiger partial charge in [0.15, 0.2) is 0 Å². The molecule has 14 heavy (non-hydrogen) atoms. The molecular weight excluding hydrogens is 207 g/mol. The molecule has 0 aromatic heterocycles. The summed E-state index contributed by atoms with van der Waals surface area (Å²) in [6, 6.07) is 0. The molecule has 2 N–H and O–H groups in total. The van der Waals surface area contributed by atoms with Crippen LogP contribution in [0.25, 0.3) is 0 Å². The third-order valence-corrected chi connectivity index (χ3v) is 2.62. The minimum absolute atomic E-state index is 0.000344. The topological polar surface area (TPSA) is 76.0 Å². The molecule has 3 atom stereocenters. The van der Waals surface area contributed by atoms with Crippen LogP contribution in [-0.4, -0.2) is 28.6 Å². The average Bonchev–Trinajstić information content (AvgIpc) is 2.42. The van der Waals surface area contributed by atoms with Gasteiger partial charge in [0.25, 0.3) is 0 Å². The first kappa shape index (κ1) is 11.7. The highest BCUT2D eigenvalue weighted by Crippen LogP contribution is 2.37. The van der Waals surface area contributed by atoms with E-state index in [1.54, 1.807) is 0 Å². The minimum Gasteiger partial charge on any atom is -0.372 e. The quantitative estimate of drug-likeness (QED) is 0.535. The first-order valence-electron chi connectivity index (χ1n) is 4.24. The summed E-state index contributed by atoms with van der Waals surface area (Å²) in [5.41, 5.74) is 0. The van der Waals surface area contributed by atoms with E-state index in [1.807, 2.05) is 6.92 Å². The van der Waals surface area contributed by atoms with Crippen molar-refractivity contribution in [3.63, 3.8) is 0 Å². The molecule has 1 saturated heterocycles. The zero-order chi connectivity index (χ0) is 10.8. The van der Waals surface area contributed by atoms with E-state index in [0.29, 0.717) is 6.42 Å². The van der Waals surface area contributed by atoms with Gasteiger partial charge in [-0.05, 0) is 13.3 Å². The Kier molecular flexibility index (Phi) is 3.71. The van der Waals surface area contributed by atoms with Crippen LogP contribution in [0.1, 0.15) is 13.3 Å². The van der Waals surface area contributed by atoms with Crippen molar-refractivity contribution in [2.75, 3.05) is 6.61 Å². The predicted molar refractivity (Wildman–Crippen MR) is 49.3 cm³/mol. The second kappa shape index (κ2) is 4.43. The molecule has 0 unspecified atom stereocenters. The third kappa shape index (κ3) is 3.41. The van der Waals surface area contributed by atoms with Crippen molar-refractivity contribution >= 4 is 7.82 Å². The van der Waals surface area contributed by atoms with Crippen LogP contribution >= 0.6 is 7.82 Å². The van der Waals surface area contributed by atoms with Crippen LogP contribution in [0.15, 0.2) is 0 Å². The van der Waals surface area contributed by atoms with E-state index in [0.717, 1.165) is 0 Å². The summed E-state index contributed by atoms with van der Waals surface area (Å²) < 4.78 is 20.1. The number of ether oxygens (including phenoxy) is 1. The first-order valence-corrected chi connectivity index (χ1v) is 5.77. The van der Waals surface area contributed by atoms with Crippen molar-refractivity contribution in [2.45, 2.75) is 25.6 Å². The van der Waals surface area contributed by atoms with Crippen molar-refractivity contribution in [3.8, 4) is 12.3 Å². The van der Waals surface area contributed by atoms with Gasteiger partial charge >= 0.3 is 7.82 Å². The molecule has 0 amide bonds. The molecule has 1 fully saturated rings. The van der Waals surface area contributed by atoms with Gasteiger partial charge in [0.1, 0.15) is 0 Å². The zero-order valence-electron chi connectivity index (χ0n) is 7.79. The van der Waals surface area contributed by atoms with E-state index in [2.05, 4.69) is 10.4 Å². The van der Waals surface area contributed by atoms with Gasteiger partial charge in [-0.3, -0.25) is 4.52 Å². The summed E-state index contributed by atoms with van der Waals surface area (Å²) >= 11 is 0. The molecular formula is C8H13O5P. The number of rotatable bonds is 3. The average molecular weight is 220 g/mol. The smallest absolute Gasteiger partial charge is 0.372 e. The normalized spacial score (nSPS) is 32.9. The number of hydrogen-bond acceptors (Lipinski definition) is 3. The Balaban J connectivity index is 2.37. The van der Waals surface area contributed by atoms with Crippen LogP contribution < -0.4 is 0 Å². The van der Waals surface area contributed by atoms with Crippen LogP contribution in [0.3, 0.4) is 0 Å². The van der Waals surface area contributed by atoms with Crippen LogP contribution in [0.4, 0.5) is 0 Å². The van der Waals surface area contributed by atoms with Gasteiger partial charge < -0.3 is 14.5 Å². The highest BCUT2D eigenvalue weighted by Gasteiger charge is 2.32. The van der Waals surface area contributed by atoms with Gasteiger partial charge in [-0.1, -0.05) is 0 Å². The molecule has 1 heterocycles. The van der Waals surface area contributed by atoms with E-state index in [-0.39, 0.29) is 24.7 Å². The van der Waals surface area contributed by atoms with Crippen molar-refractivity contribution in [1.82, 2.24) is 0 Å². The fourth-order valence-electron chi connectivity index (χ4n) is 1.42. The summed E-state index contributed by atoms with van der Waals surface area (Å²) in [5.74, 6) is 2.57. The monoisotopic (exact) mass is 220 g/mol. The Labute approximate surface area is 82.7 Å². The fraction of sp³-hybridized carbons (Fsp3) is 0.750. The van der Waals surface area contributed by atoms with E-state index >= 15 is 0 Å². The van der Waals surface area contributed by atoms with E-state index in [9.17, 15) is 4.57 Å². The molecule has 0 radical (unpaired) electrons. The van der Waals surface area contributed by atoms with Gasteiger partial charge in [-0.25, -0.2) is 4.57 Å². The van der Waals surface area contributed by atoms with E-state index < -0.39 is 7.82 Å². The first-order chi connectivity index (χ1) is 6.42. The van der Waals surface area contributed by atoms with Gasteiger partial charge in [0.2, 0.25) is 0 Å². The molecule has 80 valence electrons. The Bertz CT molecular complexity index is 278. The number of terminal acetylenes is 1. The van der Waals surface area contributed by atoms with Gasteiger partial charge in [0.05, 0.1) is 18.8 Å². The lowest BCUT2D eigenvalue weighted by Crippen LogP contribution is -2.14. The maximum Gasteiger partial charge on any atom is 0.469 e. The van der Waals surface area contributed by atoms with Crippen molar-refractivity contribution < 1.29 is 23.6 Å². The molecule has 1 aliphatic heterocycles. The minimum atomic E-state index is -4.40. The molecule has 0 spiro atoms. The van der Waals surface area contributed by atoms with Gasteiger partial charge in [-0.2, -0.15) is 0 Å². The molecule has 5 nitrogen and oxygen atoms in total.